The first kappa shape index (κ1) is 15.9. The van der Waals surface area contributed by atoms with Gasteiger partial charge in [-0.15, -0.1) is 0 Å². The second kappa shape index (κ2) is 6.73. The van der Waals surface area contributed by atoms with Crippen LogP contribution in [-0.4, -0.2) is 35.0 Å². The van der Waals surface area contributed by atoms with Gasteiger partial charge in [0, 0.05) is 12.3 Å². The highest BCUT2D eigenvalue weighted by Gasteiger charge is 2.32. The van der Waals surface area contributed by atoms with E-state index in [1.165, 1.54) is 0 Å². The Morgan fingerprint density at radius 3 is 2.72 bits per heavy atom. The van der Waals surface area contributed by atoms with Crippen LogP contribution in [0.4, 0.5) is 0 Å². The predicted octanol–water partition coefficient (Wildman–Crippen LogP) is 3.72. The van der Waals surface area contributed by atoms with Crippen molar-refractivity contribution in [1.82, 2.24) is 9.88 Å². The van der Waals surface area contributed by atoms with Gasteiger partial charge in [0.25, 0.3) is 0 Å². The molecule has 0 N–H and O–H groups in total. The average molecular weight is 353 g/mol. The van der Waals surface area contributed by atoms with E-state index in [4.69, 9.17) is 16.3 Å². The number of halogens is 1. The van der Waals surface area contributed by atoms with Gasteiger partial charge in [0.1, 0.15) is 6.10 Å². The van der Waals surface area contributed by atoms with Gasteiger partial charge in [-0.1, -0.05) is 54.1 Å². The molecule has 5 heteroatoms. The third-order valence-corrected chi connectivity index (χ3v) is 4.63. The zero-order valence-corrected chi connectivity index (χ0v) is 14.3. The van der Waals surface area contributed by atoms with Crippen LogP contribution in [0.2, 0.25) is 5.02 Å². The Labute approximate surface area is 151 Å². The van der Waals surface area contributed by atoms with Crippen molar-refractivity contribution in [3.8, 4) is 5.88 Å². The number of likely N-dealkylation sites (tertiary alicyclic amines) is 1. The van der Waals surface area contributed by atoms with E-state index >= 15 is 0 Å². The van der Waals surface area contributed by atoms with Crippen molar-refractivity contribution in [3.05, 3.63) is 71.4 Å². The molecule has 0 aliphatic carbocycles. The van der Waals surface area contributed by atoms with Crippen LogP contribution in [0.5, 0.6) is 5.88 Å². The van der Waals surface area contributed by atoms with Crippen LogP contribution < -0.4 is 4.74 Å². The van der Waals surface area contributed by atoms with Gasteiger partial charge < -0.3 is 9.64 Å². The first-order valence-corrected chi connectivity index (χ1v) is 8.59. The molecule has 0 bridgehead atoms. The second-order valence-electron chi connectivity index (χ2n) is 6.17. The van der Waals surface area contributed by atoms with Gasteiger partial charge in [-0.25, -0.2) is 4.98 Å². The monoisotopic (exact) mass is 352 g/mol. The molecule has 25 heavy (non-hydrogen) atoms. The molecule has 2 heterocycles. The SMILES string of the molecule is O=C(Cc1cccc2ccccc12)N1CC(Oc2ccc(Cl)cn2)C1. The van der Waals surface area contributed by atoms with E-state index in [9.17, 15) is 4.79 Å². The van der Waals surface area contributed by atoms with Crippen molar-refractivity contribution >= 4 is 28.3 Å². The third-order valence-electron chi connectivity index (χ3n) is 4.41. The fourth-order valence-electron chi connectivity index (χ4n) is 3.04. The molecule has 1 aliphatic rings. The van der Waals surface area contributed by atoms with E-state index < -0.39 is 0 Å². The average Bonchev–Trinajstić information content (AvgIpc) is 2.59. The molecule has 4 nitrogen and oxygen atoms in total. The molecule has 1 fully saturated rings. The molecule has 1 amide bonds. The zero-order valence-electron chi connectivity index (χ0n) is 13.6. The van der Waals surface area contributed by atoms with Gasteiger partial charge >= 0.3 is 0 Å². The number of hydrogen-bond donors (Lipinski definition) is 0. The number of pyridine rings is 1. The van der Waals surface area contributed by atoms with Gasteiger partial charge in [0.15, 0.2) is 0 Å². The van der Waals surface area contributed by atoms with Crippen molar-refractivity contribution in [3.63, 3.8) is 0 Å². The number of aromatic nitrogens is 1. The predicted molar refractivity (Wildman–Crippen MR) is 97.9 cm³/mol. The maximum atomic E-state index is 12.5. The number of amides is 1. The zero-order chi connectivity index (χ0) is 17.2. The first-order chi connectivity index (χ1) is 12.2. The topological polar surface area (TPSA) is 42.4 Å². The quantitative estimate of drug-likeness (QED) is 0.718. The molecule has 3 aromatic rings. The van der Waals surface area contributed by atoms with E-state index in [1.807, 2.05) is 29.2 Å². The van der Waals surface area contributed by atoms with Gasteiger partial charge in [-0.05, 0) is 22.4 Å². The summed E-state index contributed by atoms with van der Waals surface area (Å²) in [6.45, 7) is 1.18. The fraction of sp³-hybridized carbons (Fsp3) is 0.200. The standard InChI is InChI=1S/C20H17ClN2O2/c21-16-8-9-19(22-11-16)25-17-12-23(13-17)20(24)10-15-6-3-5-14-4-1-2-7-18(14)15/h1-9,11,17H,10,12-13H2. The van der Waals surface area contributed by atoms with Crippen LogP contribution in [-0.2, 0) is 11.2 Å². The number of nitrogens with zero attached hydrogens (tertiary/aromatic N) is 2. The van der Waals surface area contributed by atoms with Crippen LogP contribution in [0.25, 0.3) is 10.8 Å². The van der Waals surface area contributed by atoms with Gasteiger partial charge in [-0.3, -0.25) is 4.79 Å². The molecule has 2 aromatic carbocycles. The molecule has 0 atom stereocenters. The number of benzene rings is 2. The summed E-state index contributed by atoms with van der Waals surface area (Å²) in [5, 5.41) is 2.87. The Hall–Kier alpha value is -2.59. The number of hydrogen-bond acceptors (Lipinski definition) is 3. The highest BCUT2D eigenvalue weighted by Crippen LogP contribution is 2.22. The highest BCUT2D eigenvalue weighted by atomic mass is 35.5. The maximum absolute atomic E-state index is 12.5. The summed E-state index contributed by atoms with van der Waals surface area (Å²) in [4.78, 5) is 18.5. The molecule has 0 spiro atoms. The lowest BCUT2D eigenvalue weighted by Gasteiger charge is -2.38. The number of ether oxygens (including phenoxy) is 1. The van der Waals surface area contributed by atoms with Gasteiger partial charge in [0.05, 0.1) is 24.5 Å². The molecule has 4 rings (SSSR count). The molecule has 1 aliphatic heterocycles. The molecular formula is C20H17ClN2O2. The van der Waals surface area contributed by atoms with Gasteiger partial charge in [0.2, 0.25) is 11.8 Å². The molecule has 0 saturated carbocycles. The smallest absolute Gasteiger partial charge is 0.227 e. The first-order valence-electron chi connectivity index (χ1n) is 8.22. The number of rotatable bonds is 4. The second-order valence-corrected chi connectivity index (χ2v) is 6.60. The largest absolute Gasteiger partial charge is 0.471 e. The van der Waals surface area contributed by atoms with Crippen LogP contribution in [0.1, 0.15) is 5.56 Å². The minimum atomic E-state index is -0.00913. The van der Waals surface area contributed by atoms with E-state index in [1.54, 1.807) is 18.3 Å². The molecule has 0 unspecified atom stereocenters. The minimum Gasteiger partial charge on any atom is -0.471 e. The van der Waals surface area contributed by atoms with Crippen LogP contribution in [0.15, 0.2) is 60.8 Å². The fourth-order valence-corrected chi connectivity index (χ4v) is 3.15. The van der Waals surface area contributed by atoms with Crippen LogP contribution in [0.3, 0.4) is 0 Å². The van der Waals surface area contributed by atoms with Crippen molar-refractivity contribution in [2.45, 2.75) is 12.5 Å². The van der Waals surface area contributed by atoms with E-state index in [2.05, 4.69) is 23.2 Å². The minimum absolute atomic E-state index is 0.00913. The molecular weight excluding hydrogens is 336 g/mol. The normalized spacial score (nSPS) is 14.4. The highest BCUT2D eigenvalue weighted by molar-refractivity contribution is 6.30. The summed E-state index contributed by atoms with van der Waals surface area (Å²) in [6, 6.07) is 17.7. The molecule has 1 aromatic heterocycles. The van der Waals surface area contributed by atoms with Gasteiger partial charge in [-0.2, -0.15) is 0 Å². The van der Waals surface area contributed by atoms with Crippen LogP contribution in [0, 0.1) is 0 Å². The van der Waals surface area contributed by atoms with E-state index in [-0.39, 0.29) is 12.0 Å². The summed E-state index contributed by atoms with van der Waals surface area (Å²) in [5.41, 5.74) is 1.06. The van der Waals surface area contributed by atoms with Crippen molar-refractivity contribution in [1.29, 1.82) is 0 Å². The lowest BCUT2D eigenvalue weighted by atomic mass is 10.0. The molecule has 126 valence electrons. The Balaban J connectivity index is 1.36. The third kappa shape index (κ3) is 3.44. The van der Waals surface area contributed by atoms with E-state index in [0.29, 0.717) is 30.4 Å². The molecule has 0 radical (unpaired) electrons. The summed E-state index contributed by atoms with van der Waals surface area (Å²) in [5.74, 6) is 0.663. The Kier molecular flexibility index (Phi) is 4.28. The number of fused-ring (bicyclic) bond motifs is 1. The number of carbonyl (C=O) groups is 1. The summed E-state index contributed by atoms with van der Waals surface area (Å²) in [7, 11) is 0. The Morgan fingerprint density at radius 1 is 1.12 bits per heavy atom. The van der Waals surface area contributed by atoms with Crippen molar-refractivity contribution in [2.75, 3.05) is 13.1 Å². The maximum Gasteiger partial charge on any atom is 0.227 e. The lowest BCUT2D eigenvalue weighted by Crippen LogP contribution is -2.56. The summed E-state index contributed by atoms with van der Waals surface area (Å²) >= 11 is 5.81. The summed E-state index contributed by atoms with van der Waals surface area (Å²) < 4.78 is 5.74. The number of carbonyl (C=O) groups excluding carboxylic acids is 1. The van der Waals surface area contributed by atoms with Crippen molar-refractivity contribution in [2.24, 2.45) is 0 Å². The summed E-state index contributed by atoms with van der Waals surface area (Å²) in [6.07, 6.45) is 1.96. The van der Waals surface area contributed by atoms with E-state index in [0.717, 1.165) is 16.3 Å². The Morgan fingerprint density at radius 2 is 1.92 bits per heavy atom. The molecule has 1 saturated heterocycles. The van der Waals surface area contributed by atoms with Crippen molar-refractivity contribution < 1.29 is 9.53 Å². The lowest BCUT2D eigenvalue weighted by molar-refractivity contribution is -0.139. The van der Waals surface area contributed by atoms with Crippen LogP contribution >= 0.6 is 11.6 Å². The Bertz CT molecular complexity index is 900.